The third-order valence-electron chi connectivity index (χ3n) is 5.93. The van der Waals surface area contributed by atoms with Gasteiger partial charge in [0, 0.05) is 35.9 Å². The van der Waals surface area contributed by atoms with Gasteiger partial charge in [-0.3, -0.25) is 14.7 Å². The van der Waals surface area contributed by atoms with Crippen molar-refractivity contribution in [3.8, 4) is 11.1 Å². The van der Waals surface area contributed by atoms with Crippen molar-refractivity contribution < 1.29 is 36.6 Å². The van der Waals surface area contributed by atoms with E-state index in [4.69, 9.17) is 0 Å². The summed E-state index contributed by atoms with van der Waals surface area (Å²) in [7, 11) is 0. The van der Waals surface area contributed by atoms with Crippen LogP contribution in [0.25, 0.3) is 11.1 Å². The highest BCUT2D eigenvalue weighted by molar-refractivity contribution is 5.86. The minimum absolute atomic E-state index is 0.00400. The molecule has 1 saturated carbocycles. The SMILES string of the molecule is C[C@H]1[C@H](F)C[C@@H](C(=O)NCc2cc(-c3cnc(C(F)(F)F)nc3)c(F)c(C3CC3)n2)N1C(=O)O. The van der Waals surface area contributed by atoms with Crippen LogP contribution in [0.5, 0.6) is 0 Å². The Morgan fingerprint density at radius 1 is 1.24 bits per heavy atom. The summed E-state index contributed by atoms with van der Waals surface area (Å²) in [5.41, 5.74) is 0.257. The lowest BCUT2D eigenvalue weighted by Crippen LogP contribution is -2.47. The number of alkyl halides is 4. The zero-order chi connectivity index (χ0) is 24.8. The molecule has 2 fully saturated rings. The fourth-order valence-electron chi connectivity index (χ4n) is 3.96. The molecule has 2 aromatic heterocycles. The number of carbonyl (C=O) groups is 2. The first-order chi connectivity index (χ1) is 16.0. The number of hydrogen-bond donors (Lipinski definition) is 2. The highest BCUT2D eigenvalue weighted by atomic mass is 19.4. The average molecular weight is 485 g/mol. The molecule has 182 valence electrons. The highest BCUT2D eigenvalue weighted by Gasteiger charge is 2.45. The smallest absolute Gasteiger partial charge is 0.451 e. The van der Waals surface area contributed by atoms with Crippen molar-refractivity contribution in [3.05, 3.63) is 41.5 Å². The van der Waals surface area contributed by atoms with Crippen LogP contribution >= 0.6 is 0 Å². The van der Waals surface area contributed by atoms with Crippen molar-refractivity contribution in [2.75, 3.05) is 0 Å². The van der Waals surface area contributed by atoms with Crippen molar-refractivity contribution in [2.45, 2.75) is 63.1 Å². The molecule has 3 atom stereocenters. The second kappa shape index (κ2) is 8.76. The molecule has 0 unspecified atom stereocenters. The molecule has 2 N–H and O–H groups in total. The van der Waals surface area contributed by atoms with Crippen LogP contribution in [0.4, 0.5) is 26.7 Å². The van der Waals surface area contributed by atoms with E-state index in [0.717, 1.165) is 17.3 Å². The van der Waals surface area contributed by atoms with Gasteiger partial charge >= 0.3 is 12.3 Å². The maximum Gasteiger partial charge on any atom is 0.451 e. The molecule has 2 aliphatic rings. The molecule has 34 heavy (non-hydrogen) atoms. The zero-order valence-corrected chi connectivity index (χ0v) is 17.8. The first-order valence-electron chi connectivity index (χ1n) is 10.5. The number of carbonyl (C=O) groups excluding carboxylic acids is 1. The molecule has 0 bridgehead atoms. The van der Waals surface area contributed by atoms with Gasteiger partial charge in [-0.05, 0) is 25.8 Å². The Kier molecular flexibility index (Phi) is 6.13. The van der Waals surface area contributed by atoms with Crippen LogP contribution in [0, 0.1) is 5.82 Å². The van der Waals surface area contributed by atoms with Crippen LogP contribution in [0.3, 0.4) is 0 Å². The van der Waals surface area contributed by atoms with Crippen LogP contribution in [-0.4, -0.2) is 55.2 Å². The van der Waals surface area contributed by atoms with Crippen LogP contribution in [0.2, 0.25) is 0 Å². The van der Waals surface area contributed by atoms with E-state index in [1.165, 1.54) is 13.0 Å². The number of pyridine rings is 1. The third-order valence-corrected chi connectivity index (χ3v) is 5.93. The molecule has 0 spiro atoms. The molecule has 4 rings (SSSR count). The number of rotatable bonds is 5. The second-order valence-electron chi connectivity index (χ2n) is 8.34. The van der Waals surface area contributed by atoms with Crippen LogP contribution in [-0.2, 0) is 17.5 Å². The van der Waals surface area contributed by atoms with E-state index in [9.17, 15) is 32.3 Å². The van der Waals surface area contributed by atoms with E-state index in [1.807, 2.05) is 0 Å². The summed E-state index contributed by atoms with van der Waals surface area (Å²) in [5.74, 6) is -2.95. The topological polar surface area (TPSA) is 108 Å². The third kappa shape index (κ3) is 4.64. The van der Waals surface area contributed by atoms with Gasteiger partial charge in [-0.2, -0.15) is 13.2 Å². The van der Waals surface area contributed by atoms with Gasteiger partial charge in [-0.25, -0.2) is 23.5 Å². The Bertz CT molecular complexity index is 1110. The predicted octanol–water partition coefficient (Wildman–Crippen LogP) is 3.67. The molecule has 1 aliphatic carbocycles. The van der Waals surface area contributed by atoms with Gasteiger partial charge in [0.15, 0.2) is 5.82 Å². The minimum atomic E-state index is -4.75. The van der Waals surface area contributed by atoms with Gasteiger partial charge in [0.05, 0.1) is 24.0 Å². The summed E-state index contributed by atoms with van der Waals surface area (Å²) in [6.07, 6.45) is -4.86. The fourth-order valence-corrected chi connectivity index (χ4v) is 3.96. The number of aromatic nitrogens is 3. The fraction of sp³-hybridized carbons (Fsp3) is 0.476. The van der Waals surface area contributed by atoms with Gasteiger partial charge in [0.1, 0.15) is 12.2 Å². The Hall–Kier alpha value is -3.38. The van der Waals surface area contributed by atoms with Crippen molar-refractivity contribution >= 4 is 12.0 Å². The highest BCUT2D eigenvalue weighted by Crippen LogP contribution is 2.42. The van der Waals surface area contributed by atoms with Gasteiger partial charge in [-0.15, -0.1) is 0 Å². The number of nitrogens with one attached hydrogen (secondary N) is 1. The molecule has 2 amide bonds. The molecule has 3 heterocycles. The number of carboxylic acid groups (broad SMARTS) is 1. The first-order valence-corrected chi connectivity index (χ1v) is 10.5. The number of hydrogen-bond acceptors (Lipinski definition) is 5. The summed E-state index contributed by atoms with van der Waals surface area (Å²) in [6, 6.07) is -0.948. The molecule has 8 nitrogen and oxygen atoms in total. The Balaban J connectivity index is 1.58. The van der Waals surface area contributed by atoms with Crippen molar-refractivity contribution in [3.63, 3.8) is 0 Å². The normalized spacial score (nSPS) is 22.6. The second-order valence-corrected chi connectivity index (χ2v) is 8.34. The predicted molar refractivity (Wildman–Crippen MR) is 107 cm³/mol. The molecule has 0 aromatic carbocycles. The maximum absolute atomic E-state index is 15.1. The lowest BCUT2D eigenvalue weighted by molar-refractivity contribution is -0.145. The van der Waals surface area contributed by atoms with E-state index in [-0.39, 0.29) is 41.4 Å². The number of amides is 2. The monoisotopic (exact) mass is 485 g/mol. The molecule has 1 aliphatic heterocycles. The van der Waals surface area contributed by atoms with E-state index in [0.29, 0.717) is 12.8 Å². The molecule has 0 radical (unpaired) electrons. The van der Waals surface area contributed by atoms with E-state index in [1.54, 1.807) is 0 Å². The molecular formula is C21H20F5N5O3. The number of nitrogens with zero attached hydrogens (tertiary/aromatic N) is 4. The number of likely N-dealkylation sites (tertiary alicyclic amines) is 1. The summed E-state index contributed by atoms with van der Waals surface area (Å²) < 4.78 is 67.4. The Labute approximate surface area is 190 Å². The standard InChI is InChI=1S/C21H20F5N5O3/c1-9-14(22)5-15(31(9)20(33)34)18(32)27-8-12-4-13(16(23)17(30-12)10-2-3-10)11-6-28-19(29-7-11)21(24,25)26/h4,6-7,9-10,14-15H,2-3,5,8H2,1H3,(H,27,32)(H,33,34)/t9-,14+,15-/m0/s1. The van der Waals surface area contributed by atoms with Crippen molar-refractivity contribution in [1.82, 2.24) is 25.2 Å². The van der Waals surface area contributed by atoms with Gasteiger partial charge < -0.3 is 10.4 Å². The van der Waals surface area contributed by atoms with E-state index < -0.39 is 48.1 Å². The minimum Gasteiger partial charge on any atom is -0.465 e. The van der Waals surface area contributed by atoms with Crippen LogP contribution in [0.1, 0.15) is 49.3 Å². The van der Waals surface area contributed by atoms with Crippen LogP contribution in [0.15, 0.2) is 18.5 Å². The summed E-state index contributed by atoms with van der Waals surface area (Å²) in [6.45, 7) is 1.15. The molecule has 1 saturated heterocycles. The number of halogens is 5. The largest absolute Gasteiger partial charge is 0.465 e. The zero-order valence-electron chi connectivity index (χ0n) is 17.8. The summed E-state index contributed by atoms with van der Waals surface area (Å²) in [5, 5.41) is 11.8. The maximum atomic E-state index is 15.1. The Morgan fingerprint density at radius 3 is 2.44 bits per heavy atom. The molecule has 2 aromatic rings. The van der Waals surface area contributed by atoms with Crippen molar-refractivity contribution in [2.24, 2.45) is 0 Å². The quantitative estimate of drug-likeness (QED) is 0.626. The Morgan fingerprint density at radius 2 is 1.88 bits per heavy atom. The van der Waals surface area contributed by atoms with Gasteiger partial charge in [0.25, 0.3) is 0 Å². The lowest BCUT2D eigenvalue weighted by Gasteiger charge is -2.24. The summed E-state index contributed by atoms with van der Waals surface area (Å²) in [4.78, 5) is 35.6. The van der Waals surface area contributed by atoms with Crippen molar-refractivity contribution in [1.29, 1.82) is 0 Å². The average Bonchev–Trinajstić information content (AvgIpc) is 3.57. The van der Waals surface area contributed by atoms with Gasteiger partial charge in [-0.1, -0.05) is 0 Å². The van der Waals surface area contributed by atoms with E-state index >= 15 is 4.39 Å². The first kappa shape index (κ1) is 23.8. The summed E-state index contributed by atoms with van der Waals surface area (Å²) >= 11 is 0. The van der Waals surface area contributed by atoms with E-state index in [2.05, 4.69) is 20.3 Å². The molecular weight excluding hydrogens is 465 g/mol. The lowest BCUT2D eigenvalue weighted by atomic mass is 10.0. The van der Waals surface area contributed by atoms with Gasteiger partial charge in [0.2, 0.25) is 11.7 Å². The van der Waals surface area contributed by atoms with Crippen LogP contribution < -0.4 is 5.32 Å². The molecule has 13 heteroatoms.